The number of nitrogens with one attached hydrogen (secondary N) is 2. The van der Waals surface area contributed by atoms with Crippen molar-refractivity contribution in [2.24, 2.45) is 0 Å². The van der Waals surface area contributed by atoms with E-state index < -0.39 is 11.8 Å². The maximum absolute atomic E-state index is 12.3. The molecular weight excluding hydrogens is 456 g/mol. The lowest BCUT2D eigenvalue weighted by Gasteiger charge is -2.26. The fourth-order valence-electron chi connectivity index (χ4n) is 4.63. The molecule has 0 radical (unpaired) electrons. The number of anilines is 4. The van der Waals surface area contributed by atoms with Crippen LogP contribution in [-0.2, 0) is 17.8 Å². The summed E-state index contributed by atoms with van der Waals surface area (Å²) in [5.41, 5.74) is 6.63. The van der Waals surface area contributed by atoms with Crippen molar-refractivity contribution in [3.63, 3.8) is 0 Å². The molecule has 2 aliphatic heterocycles. The highest BCUT2D eigenvalue weighted by Gasteiger charge is 2.35. The highest BCUT2D eigenvalue weighted by Crippen LogP contribution is 2.42. The Hall–Kier alpha value is -3.40. The molecule has 0 saturated heterocycles. The van der Waals surface area contributed by atoms with Crippen molar-refractivity contribution < 1.29 is 14.7 Å². The monoisotopic (exact) mass is 480 g/mol. The van der Waals surface area contributed by atoms with Gasteiger partial charge in [-0.25, -0.2) is 10.5 Å². The van der Waals surface area contributed by atoms with Gasteiger partial charge in [0.1, 0.15) is 10.8 Å². The number of rotatable bonds is 5. The van der Waals surface area contributed by atoms with Gasteiger partial charge in [-0.2, -0.15) is 4.98 Å². The van der Waals surface area contributed by atoms with Crippen LogP contribution in [0.4, 0.5) is 23.1 Å². The zero-order valence-electron chi connectivity index (χ0n) is 18.9. The molecule has 2 aromatic carbocycles. The van der Waals surface area contributed by atoms with Crippen molar-refractivity contribution >= 4 is 40.6 Å². The Morgan fingerprint density at radius 1 is 1.26 bits per heavy atom. The van der Waals surface area contributed by atoms with Gasteiger partial charge in [-0.15, -0.1) is 0 Å². The quantitative estimate of drug-likeness (QED) is 0.376. The molecule has 0 spiro atoms. The maximum atomic E-state index is 12.3. The van der Waals surface area contributed by atoms with Crippen molar-refractivity contribution in [1.29, 1.82) is 0 Å². The van der Waals surface area contributed by atoms with E-state index in [-0.39, 0.29) is 6.54 Å². The first-order valence-corrected chi connectivity index (χ1v) is 11.3. The molecule has 10 heteroatoms. The lowest BCUT2D eigenvalue weighted by Crippen LogP contribution is -2.29. The number of carbonyl (C=O) groups is 1. The largest absolute Gasteiger partial charge is 0.495 e. The summed E-state index contributed by atoms with van der Waals surface area (Å²) in [6.45, 7) is 2.16. The lowest BCUT2D eigenvalue weighted by atomic mass is 9.99. The van der Waals surface area contributed by atoms with E-state index in [1.54, 1.807) is 12.6 Å². The molecule has 1 amide bonds. The molecule has 2 aliphatic rings. The molecule has 0 fully saturated rings. The summed E-state index contributed by atoms with van der Waals surface area (Å²) in [7, 11) is 3.75. The van der Waals surface area contributed by atoms with Gasteiger partial charge in [0.15, 0.2) is 5.82 Å². The Kier molecular flexibility index (Phi) is 5.99. The first-order valence-electron chi connectivity index (χ1n) is 11.0. The SMILES string of the molecule is COc1cc2c(cc1Nc1ncc(Cl)c(N3CC(C(=O)NO)c4ccccc43)n1)CN(C)CC2. The number of ether oxygens (including phenoxy) is 1. The van der Waals surface area contributed by atoms with Crippen LogP contribution >= 0.6 is 11.6 Å². The fraction of sp³-hybridized carbons (Fsp3) is 0.292. The number of benzene rings is 2. The van der Waals surface area contributed by atoms with Gasteiger partial charge in [0.25, 0.3) is 5.91 Å². The molecule has 9 nitrogen and oxygen atoms in total. The molecule has 0 aliphatic carbocycles. The highest BCUT2D eigenvalue weighted by molar-refractivity contribution is 6.33. The topological polar surface area (TPSA) is 103 Å². The molecule has 34 heavy (non-hydrogen) atoms. The third-order valence-electron chi connectivity index (χ3n) is 6.35. The molecule has 1 aromatic heterocycles. The van der Waals surface area contributed by atoms with Gasteiger partial charge >= 0.3 is 0 Å². The smallest absolute Gasteiger partial charge is 0.252 e. The number of amides is 1. The number of hydrogen-bond donors (Lipinski definition) is 3. The molecule has 1 atom stereocenters. The summed E-state index contributed by atoms with van der Waals surface area (Å²) >= 11 is 6.50. The lowest BCUT2D eigenvalue weighted by molar-refractivity contribution is -0.130. The van der Waals surface area contributed by atoms with Crippen molar-refractivity contribution in [3.05, 3.63) is 64.3 Å². The van der Waals surface area contributed by atoms with Gasteiger partial charge in [0, 0.05) is 25.3 Å². The zero-order valence-corrected chi connectivity index (χ0v) is 19.6. The van der Waals surface area contributed by atoms with Gasteiger partial charge in [-0.3, -0.25) is 10.0 Å². The normalized spacial score (nSPS) is 17.2. The van der Waals surface area contributed by atoms with Gasteiger partial charge in [0.2, 0.25) is 5.95 Å². The third kappa shape index (κ3) is 4.02. The molecule has 0 saturated carbocycles. The molecule has 5 rings (SSSR count). The van der Waals surface area contributed by atoms with Crippen LogP contribution in [-0.4, -0.2) is 53.2 Å². The summed E-state index contributed by atoms with van der Waals surface area (Å²) in [4.78, 5) is 25.5. The summed E-state index contributed by atoms with van der Waals surface area (Å²) < 4.78 is 5.63. The second-order valence-electron chi connectivity index (χ2n) is 8.50. The van der Waals surface area contributed by atoms with Crippen LogP contribution in [0.1, 0.15) is 22.6 Å². The molecule has 0 bridgehead atoms. The minimum absolute atomic E-state index is 0.288. The number of hydrogen-bond acceptors (Lipinski definition) is 8. The van der Waals surface area contributed by atoms with Crippen LogP contribution < -0.4 is 20.4 Å². The summed E-state index contributed by atoms with van der Waals surface area (Å²) in [5.74, 6) is 0.504. The average molecular weight is 481 g/mol. The first-order chi connectivity index (χ1) is 16.5. The molecule has 3 N–H and O–H groups in total. The van der Waals surface area contributed by atoms with E-state index in [0.29, 0.717) is 16.8 Å². The van der Waals surface area contributed by atoms with E-state index in [1.807, 2.05) is 29.2 Å². The van der Waals surface area contributed by atoms with E-state index in [1.165, 1.54) is 17.3 Å². The molecular formula is C24H25ClN6O3. The number of nitrogens with zero attached hydrogens (tertiary/aromatic N) is 4. The number of methoxy groups -OCH3 is 1. The Balaban J connectivity index is 1.49. The summed E-state index contributed by atoms with van der Waals surface area (Å²) in [6, 6.07) is 11.6. The van der Waals surface area contributed by atoms with Crippen molar-refractivity contribution in [3.8, 4) is 5.75 Å². The summed E-state index contributed by atoms with van der Waals surface area (Å²) in [5, 5.41) is 12.8. The number of halogens is 1. The van der Waals surface area contributed by atoms with Gasteiger partial charge in [-0.05, 0) is 48.4 Å². The van der Waals surface area contributed by atoms with Crippen molar-refractivity contribution in [2.45, 2.75) is 18.9 Å². The van der Waals surface area contributed by atoms with E-state index >= 15 is 0 Å². The second-order valence-corrected chi connectivity index (χ2v) is 8.90. The van der Waals surface area contributed by atoms with Crippen molar-refractivity contribution in [2.75, 3.05) is 37.5 Å². The minimum Gasteiger partial charge on any atom is -0.495 e. The molecule has 3 aromatic rings. The molecule has 3 heterocycles. The predicted octanol–water partition coefficient (Wildman–Crippen LogP) is 3.61. The zero-order chi connectivity index (χ0) is 23.8. The Morgan fingerprint density at radius 3 is 2.88 bits per heavy atom. The van der Waals surface area contributed by atoms with Crippen LogP contribution in [0, 0.1) is 0 Å². The first kappa shape index (κ1) is 22.4. The van der Waals surface area contributed by atoms with Gasteiger partial charge in [-0.1, -0.05) is 29.8 Å². The van der Waals surface area contributed by atoms with Crippen LogP contribution in [0.2, 0.25) is 5.02 Å². The van der Waals surface area contributed by atoms with Crippen LogP contribution in [0.5, 0.6) is 5.75 Å². The van der Waals surface area contributed by atoms with E-state index in [4.69, 9.17) is 16.3 Å². The number of para-hydroxylation sites is 1. The molecule has 176 valence electrons. The van der Waals surface area contributed by atoms with Gasteiger partial charge < -0.3 is 19.9 Å². The van der Waals surface area contributed by atoms with Crippen LogP contribution in [0.3, 0.4) is 0 Å². The Labute approximate surface area is 202 Å². The maximum Gasteiger partial charge on any atom is 0.252 e. The number of fused-ring (bicyclic) bond motifs is 2. The van der Waals surface area contributed by atoms with E-state index in [2.05, 4.69) is 39.4 Å². The number of hydroxylamine groups is 1. The highest BCUT2D eigenvalue weighted by atomic mass is 35.5. The Bertz CT molecular complexity index is 1250. The minimum atomic E-state index is -0.554. The molecule has 1 unspecified atom stereocenters. The van der Waals surface area contributed by atoms with E-state index in [0.717, 1.165) is 42.2 Å². The number of carbonyl (C=O) groups excluding carboxylic acids is 1. The summed E-state index contributed by atoms with van der Waals surface area (Å²) in [6.07, 6.45) is 2.51. The second kappa shape index (κ2) is 9.09. The third-order valence-corrected chi connectivity index (χ3v) is 6.61. The predicted molar refractivity (Wildman–Crippen MR) is 129 cm³/mol. The van der Waals surface area contributed by atoms with Crippen LogP contribution in [0.15, 0.2) is 42.6 Å². The van der Waals surface area contributed by atoms with E-state index in [9.17, 15) is 10.0 Å². The average Bonchev–Trinajstić information content (AvgIpc) is 3.24. The van der Waals surface area contributed by atoms with Crippen LogP contribution in [0.25, 0.3) is 0 Å². The standard InChI is InChI=1S/C24H25ClN6O3/c1-30-8-7-14-10-21(34-2)19(9-15(14)12-30)27-24-26-11-18(25)22(28-24)31-13-17(23(32)29-33)16-5-3-4-6-20(16)31/h3-6,9-11,17,33H,7-8,12-13H2,1-2H3,(H,29,32)(H,26,27,28). The number of aromatic nitrogens is 2. The van der Waals surface area contributed by atoms with Crippen molar-refractivity contribution in [1.82, 2.24) is 20.3 Å². The number of likely N-dealkylation sites (N-methyl/N-ethyl adjacent to an activating group) is 1. The fourth-order valence-corrected chi connectivity index (χ4v) is 4.83. The Morgan fingerprint density at radius 2 is 2.09 bits per heavy atom. The van der Waals surface area contributed by atoms with Gasteiger partial charge in [0.05, 0.1) is 24.9 Å².